The summed E-state index contributed by atoms with van der Waals surface area (Å²) in [4.78, 5) is 16.5. The zero-order valence-electron chi connectivity index (χ0n) is 12.4. The predicted octanol–water partition coefficient (Wildman–Crippen LogP) is 4.38. The van der Waals surface area contributed by atoms with Gasteiger partial charge in [-0.2, -0.15) is 0 Å². The normalized spacial score (nSPS) is 31.4. The van der Waals surface area contributed by atoms with E-state index in [1.165, 1.54) is 5.01 Å². The molecule has 6 heteroatoms. The van der Waals surface area contributed by atoms with Crippen LogP contribution in [-0.2, 0) is 10.2 Å². The van der Waals surface area contributed by atoms with Crippen LogP contribution in [0.15, 0.2) is 9.98 Å². The highest BCUT2D eigenvalue weighted by Gasteiger charge is 2.51. The molecular formula is C15H21BrN2O2S. The molecule has 1 amide bonds. The van der Waals surface area contributed by atoms with Crippen molar-refractivity contribution in [3.05, 3.63) is 15.0 Å². The van der Waals surface area contributed by atoms with Gasteiger partial charge < -0.3 is 10.1 Å². The van der Waals surface area contributed by atoms with E-state index in [-0.39, 0.29) is 23.2 Å². The first kappa shape index (κ1) is 15.3. The van der Waals surface area contributed by atoms with Crippen LogP contribution in [-0.4, -0.2) is 22.7 Å². The second-order valence-corrected chi connectivity index (χ2v) is 9.02. The highest BCUT2D eigenvalue weighted by Crippen LogP contribution is 2.54. The largest absolute Gasteiger partial charge is 0.447 e. The van der Waals surface area contributed by atoms with Crippen LogP contribution in [0.5, 0.6) is 0 Å². The first-order valence-corrected chi connectivity index (χ1v) is 9.15. The number of nitrogens with zero attached hydrogens (tertiary/aromatic N) is 1. The Labute approximate surface area is 137 Å². The number of thiazole rings is 1. The minimum absolute atomic E-state index is 0.0534. The molecule has 3 aliphatic carbocycles. The van der Waals surface area contributed by atoms with Gasteiger partial charge >= 0.3 is 6.09 Å². The highest BCUT2D eigenvalue weighted by molar-refractivity contribution is 9.11. The van der Waals surface area contributed by atoms with E-state index in [1.807, 2.05) is 20.0 Å². The molecule has 0 radical (unpaired) electrons. The summed E-state index contributed by atoms with van der Waals surface area (Å²) in [5.74, 6) is 0. The van der Waals surface area contributed by atoms with Gasteiger partial charge in [-0.3, -0.25) is 0 Å². The third-order valence-corrected chi connectivity index (χ3v) is 6.61. The summed E-state index contributed by atoms with van der Waals surface area (Å²) < 4.78 is 6.35. The van der Waals surface area contributed by atoms with Crippen LogP contribution in [0.2, 0.25) is 0 Å². The molecule has 0 saturated heterocycles. The summed E-state index contributed by atoms with van der Waals surface area (Å²) in [6.07, 6.45) is 7.96. The Morgan fingerprint density at radius 2 is 1.95 bits per heavy atom. The van der Waals surface area contributed by atoms with E-state index >= 15 is 0 Å². The lowest BCUT2D eigenvalue weighted by molar-refractivity contribution is 0.0560. The minimum atomic E-state index is -0.267. The Bertz CT molecular complexity index is 519. The van der Waals surface area contributed by atoms with E-state index in [1.54, 1.807) is 11.3 Å². The number of amides is 1. The van der Waals surface area contributed by atoms with Crippen LogP contribution >= 0.6 is 27.3 Å². The Morgan fingerprint density at radius 1 is 1.33 bits per heavy atom. The summed E-state index contributed by atoms with van der Waals surface area (Å²) >= 11 is 5.27. The second-order valence-electron chi connectivity index (χ2n) is 6.61. The molecule has 2 bridgehead atoms. The topological polar surface area (TPSA) is 51.2 Å². The lowest BCUT2D eigenvalue weighted by Crippen LogP contribution is -2.58. The molecule has 0 unspecified atom stereocenters. The summed E-state index contributed by atoms with van der Waals surface area (Å²) in [5, 5.41) is 4.39. The molecule has 1 aromatic rings. The van der Waals surface area contributed by atoms with Crippen LogP contribution in [0.3, 0.4) is 0 Å². The standard InChI is InChI=1S/C15H21BrN2O2S/c1-10(2)20-13(19)18-15-6-3-14(4-7-15,5-8-15)12-17-9-11(16)21-12/h9-10H,3-8H2,1-2H3,(H,18,19). The van der Waals surface area contributed by atoms with Crippen molar-refractivity contribution in [2.75, 3.05) is 0 Å². The highest BCUT2D eigenvalue weighted by atomic mass is 79.9. The van der Waals surface area contributed by atoms with Crippen molar-refractivity contribution in [2.45, 2.75) is 69.4 Å². The maximum atomic E-state index is 11.9. The van der Waals surface area contributed by atoms with E-state index in [9.17, 15) is 4.79 Å². The molecule has 0 aliphatic heterocycles. The molecule has 1 N–H and O–H groups in total. The van der Waals surface area contributed by atoms with Gasteiger partial charge in [0, 0.05) is 11.0 Å². The molecule has 3 aliphatic rings. The van der Waals surface area contributed by atoms with E-state index in [0.29, 0.717) is 0 Å². The third kappa shape index (κ3) is 2.97. The average molecular weight is 373 g/mol. The first-order chi connectivity index (χ1) is 9.93. The number of hydrogen-bond acceptors (Lipinski definition) is 4. The number of alkyl carbamates (subject to hydrolysis) is 1. The molecule has 0 atom stereocenters. The molecule has 0 aromatic carbocycles. The third-order valence-electron chi connectivity index (χ3n) is 4.89. The van der Waals surface area contributed by atoms with E-state index < -0.39 is 0 Å². The summed E-state index contributed by atoms with van der Waals surface area (Å²) in [6, 6.07) is 0. The van der Waals surface area contributed by atoms with Crippen molar-refractivity contribution in [1.29, 1.82) is 0 Å². The van der Waals surface area contributed by atoms with Gasteiger partial charge in [0.1, 0.15) is 0 Å². The molecule has 116 valence electrons. The van der Waals surface area contributed by atoms with E-state index in [0.717, 1.165) is 42.3 Å². The van der Waals surface area contributed by atoms with Crippen molar-refractivity contribution < 1.29 is 9.53 Å². The average Bonchev–Trinajstić information content (AvgIpc) is 2.87. The quantitative estimate of drug-likeness (QED) is 0.855. The van der Waals surface area contributed by atoms with Crippen LogP contribution < -0.4 is 5.32 Å². The second kappa shape index (κ2) is 5.54. The fourth-order valence-corrected chi connectivity index (χ4v) is 5.13. The van der Waals surface area contributed by atoms with Gasteiger partial charge in [-0.05, 0) is 68.3 Å². The van der Waals surface area contributed by atoms with Gasteiger partial charge in [-0.1, -0.05) is 0 Å². The zero-order chi connectivity index (χ0) is 15.1. The SMILES string of the molecule is CC(C)OC(=O)NC12CCC(c3ncc(Br)s3)(CC1)CC2. The smallest absolute Gasteiger partial charge is 0.407 e. The van der Waals surface area contributed by atoms with Crippen LogP contribution in [0.1, 0.15) is 57.4 Å². The number of carbonyl (C=O) groups excluding carboxylic acids is 1. The molecule has 4 nitrogen and oxygen atoms in total. The van der Waals surface area contributed by atoms with Crippen LogP contribution in [0.4, 0.5) is 4.79 Å². The van der Waals surface area contributed by atoms with Gasteiger partial charge in [0.2, 0.25) is 0 Å². The summed E-state index contributed by atoms with van der Waals surface area (Å²) in [7, 11) is 0. The van der Waals surface area contributed by atoms with Gasteiger partial charge in [-0.15, -0.1) is 11.3 Å². The zero-order valence-corrected chi connectivity index (χ0v) is 14.8. The fourth-order valence-electron chi connectivity index (χ4n) is 3.65. The maximum Gasteiger partial charge on any atom is 0.407 e. The van der Waals surface area contributed by atoms with Crippen molar-refractivity contribution in [1.82, 2.24) is 10.3 Å². The molecule has 21 heavy (non-hydrogen) atoms. The lowest BCUT2D eigenvalue weighted by atomic mass is 9.57. The number of carbonyl (C=O) groups is 1. The fraction of sp³-hybridized carbons (Fsp3) is 0.733. The van der Waals surface area contributed by atoms with E-state index in [2.05, 4.69) is 26.2 Å². The maximum absolute atomic E-state index is 11.9. The predicted molar refractivity (Wildman–Crippen MR) is 86.7 cm³/mol. The van der Waals surface area contributed by atoms with Gasteiger partial charge in [0.25, 0.3) is 0 Å². The number of rotatable bonds is 3. The van der Waals surface area contributed by atoms with Crippen molar-refractivity contribution in [3.8, 4) is 0 Å². The number of halogens is 1. The van der Waals surface area contributed by atoms with Crippen molar-refractivity contribution in [3.63, 3.8) is 0 Å². The number of hydrogen-bond donors (Lipinski definition) is 1. The van der Waals surface area contributed by atoms with E-state index in [4.69, 9.17) is 4.74 Å². The number of ether oxygens (including phenoxy) is 1. The number of fused-ring (bicyclic) bond motifs is 3. The molecule has 0 spiro atoms. The van der Waals surface area contributed by atoms with Gasteiger partial charge in [0.05, 0.1) is 21.1 Å². The molecule has 4 rings (SSSR count). The first-order valence-electron chi connectivity index (χ1n) is 7.54. The van der Waals surface area contributed by atoms with Crippen molar-refractivity contribution >= 4 is 33.4 Å². The van der Waals surface area contributed by atoms with Gasteiger partial charge in [-0.25, -0.2) is 9.78 Å². The Morgan fingerprint density at radius 3 is 2.43 bits per heavy atom. The Hall–Kier alpha value is -0.620. The Balaban J connectivity index is 1.67. The molecule has 1 heterocycles. The monoisotopic (exact) mass is 372 g/mol. The molecule has 3 saturated carbocycles. The Kier molecular flexibility index (Phi) is 4.03. The molecular weight excluding hydrogens is 352 g/mol. The summed E-state index contributed by atoms with van der Waals surface area (Å²) in [6.45, 7) is 3.76. The minimum Gasteiger partial charge on any atom is -0.447 e. The van der Waals surface area contributed by atoms with Crippen LogP contribution in [0.25, 0.3) is 0 Å². The number of nitrogens with one attached hydrogen (secondary N) is 1. The van der Waals surface area contributed by atoms with Gasteiger partial charge in [0.15, 0.2) is 0 Å². The summed E-state index contributed by atoms with van der Waals surface area (Å²) in [5.41, 5.74) is 0.185. The number of aromatic nitrogens is 1. The molecule has 1 aromatic heterocycles. The lowest BCUT2D eigenvalue weighted by Gasteiger charge is -2.52. The van der Waals surface area contributed by atoms with Crippen LogP contribution in [0, 0.1) is 0 Å². The van der Waals surface area contributed by atoms with Crippen molar-refractivity contribution in [2.24, 2.45) is 0 Å². The molecule has 3 fully saturated rings.